The summed E-state index contributed by atoms with van der Waals surface area (Å²) in [5.74, 6) is 0.467. The number of carbonyl (C=O) groups excluding carboxylic acids is 2. The summed E-state index contributed by atoms with van der Waals surface area (Å²) < 4.78 is 40.3. The maximum atomic E-state index is 13.4. The number of halogens is 4. The average molecular weight is 432 g/mol. The lowest BCUT2D eigenvalue weighted by Gasteiger charge is -2.23. The number of anilines is 1. The Kier molecular flexibility index (Phi) is 6.43. The van der Waals surface area contributed by atoms with Crippen LogP contribution in [0.2, 0.25) is 0 Å². The average Bonchev–Trinajstić information content (AvgIpc) is 3.24. The highest BCUT2D eigenvalue weighted by molar-refractivity contribution is 5.99. The molecule has 3 saturated heterocycles. The van der Waals surface area contributed by atoms with E-state index < -0.39 is 11.7 Å². The first-order chi connectivity index (χ1) is 13.3. The Bertz CT molecular complexity index is 773. The third kappa shape index (κ3) is 4.53. The molecule has 9 heteroatoms. The van der Waals surface area contributed by atoms with Crippen molar-refractivity contribution in [2.45, 2.75) is 31.9 Å². The van der Waals surface area contributed by atoms with Crippen molar-refractivity contribution in [3.63, 3.8) is 0 Å². The van der Waals surface area contributed by atoms with E-state index in [1.54, 1.807) is 4.90 Å². The number of benzene rings is 1. The quantitative estimate of drug-likeness (QED) is 0.781. The minimum Gasteiger partial charge on any atom is -0.339 e. The van der Waals surface area contributed by atoms with E-state index in [1.165, 1.54) is 11.0 Å². The molecule has 160 valence electrons. The SMILES string of the molecule is Cl.O=C(c1cc(N2CCCC2=O)cc(C(F)(F)F)c1)N1CC[C@@H]2CNC[C@@H]2CC1. The molecule has 0 spiro atoms. The minimum atomic E-state index is -4.57. The molecule has 0 saturated carbocycles. The molecule has 3 fully saturated rings. The molecular weight excluding hydrogens is 407 g/mol. The number of nitrogens with zero attached hydrogens (tertiary/aromatic N) is 2. The van der Waals surface area contributed by atoms with E-state index >= 15 is 0 Å². The maximum Gasteiger partial charge on any atom is 0.416 e. The zero-order valence-electron chi connectivity index (χ0n) is 16.0. The lowest BCUT2D eigenvalue weighted by atomic mass is 9.92. The molecule has 2 amide bonds. The number of hydrogen-bond acceptors (Lipinski definition) is 3. The first kappa shape index (κ1) is 21.9. The molecule has 3 aliphatic rings. The van der Waals surface area contributed by atoms with Crippen LogP contribution in [0, 0.1) is 11.8 Å². The fraction of sp³-hybridized carbons (Fsp3) is 0.600. The number of nitrogens with one attached hydrogen (secondary N) is 1. The van der Waals surface area contributed by atoms with Gasteiger partial charge >= 0.3 is 6.18 Å². The standard InChI is InChI=1S/C20H24F3N3O2.ClH/c21-20(22,23)16-8-15(9-17(10-16)26-5-1-2-18(26)27)19(28)25-6-3-13-11-24-12-14(13)4-7-25;/h8-10,13-14,24H,1-7,11-12H2;1H/t13-,14+;. The molecule has 5 nitrogen and oxygen atoms in total. The lowest BCUT2D eigenvalue weighted by molar-refractivity contribution is -0.137. The molecule has 4 rings (SSSR count). The fourth-order valence-electron chi connectivity index (χ4n) is 4.58. The van der Waals surface area contributed by atoms with E-state index in [2.05, 4.69) is 5.32 Å². The van der Waals surface area contributed by atoms with Crippen LogP contribution in [0.5, 0.6) is 0 Å². The topological polar surface area (TPSA) is 52.7 Å². The van der Waals surface area contributed by atoms with Gasteiger partial charge in [0.1, 0.15) is 0 Å². The molecule has 1 aromatic rings. The number of likely N-dealkylation sites (tertiary alicyclic amines) is 1. The molecule has 1 aromatic carbocycles. The minimum absolute atomic E-state index is 0. The summed E-state index contributed by atoms with van der Waals surface area (Å²) in [5.41, 5.74) is -0.713. The molecule has 1 N–H and O–H groups in total. The summed E-state index contributed by atoms with van der Waals surface area (Å²) in [6.45, 7) is 3.37. The highest BCUT2D eigenvalue weighted by Crippen LogP contribution is 2.35. The second kappa shape index (κ2) is 8.52. The number of rotatable bonds is 2. The first-order valence-electron chi connectivity index (χ1n) is 9.85. The van der Waals surface area contributed by atoms with E-state index in [9.17, 15) is 22.8 Å². The molecule has 3 aliphatic heterocycles. The predicted octanol–water partition coefficient (Wildman–Crippen LogP) is 3.33. The van der Waals surface area contributed by atoms with Gasteiger partial charge in [0.15, 0.2) is 0 Å². The monoisotopic (exact) mass is 431 g/mol. The third-order valence-electron chi connectivity index (χ3n) is 6.18. The van der Waals surface area contributed by atoms with Crippen LogP contribution in [0.4, 0.5) is 18.9 Å². The van der Waals surface area contributed by atoms with Crippen LogP contribution < -0.4 is 10.2 Å². The van der Waals surface area contributed by atoms with Crippen molar-refractivity contribution in [2.75, 3.05) is 37.6 Å². The zero-order valence-corrected chi connectivity index (χ0v) is 16.8. The number of fused-ring (bicyclic) bond motifs is 1. The number of amides is 2. The Morgan fingerprint density at radius 2 is 1.69 bits per heavy atom. The van der Waals surface area contributed by atoms with Gasteiger partial charge in [0.05, 0.1) is 5.56 Å². The molecule has 3 heterocycles. The van der Waals surface area contributed by atoms with Crippen molar-refractivity contribution in [2.24, 2.45) is 11.8 Å². The van der Waals surface area contributed by atoms with Crippen molar-refractivity contribution in [1.29, 1.82) is 0 Å². The lowest BCUT2D eigenvalue weighted by Crippen LogP contribution is -2.33. The van der Waals surface area contributed by atoms with Crippen molar-refractivity contribution in [3.05, 3.63) is 29.3 Å². The molecular formula is C20H25ClF3N3O2. The Balaban J connectivity index is 0.00000240. The van der Waals surface area contributed by atoms with E-state index in [0.29, 0.717) is 44.3 Å². The van der Waals surface area contributed by atoms with Crippen LogP contribution in [0.3, 0.4) is 0 Å². The Morgan fingerprint density at radius 3 is 2.24 bits per heavy atom. The summed E-state index contributed by atoms with van der Waals surface area (Å²) in [6.07, 6.45) is -1.92. The third-order valence-corrected chi connectivity index (χ3v) is 6.18. The Labute approximate surface area is 174 Å². The van der Waals surface area contributed by atoms with Gasteiger partial charge < -0.3 is 15.1 Å². The van der Waals surface area contributed by atoms with Gasteiger partial charge in [-0.15, -0.1) is 12.4 Å². The van der Waals surface area contributed by atoms with Crippen LogP contribution in [-0.2, 0) is 11.0 Å². The van der Waals surface area contributed by atoms with Gasteiger partial charge in [0, 0.05) is 37.3 Å². The largest absolute Gasteiger partial charge is 0.416 e. The normalized spacial score (nSPS) is 24.9. The number of alkyl halides is 3. The van der Waals surface area contributed by atoms with E-state index in [0.717, 1.165) is 38.1 Å². The van der Waals surface area contributed by atoms with Gasteiger partial charge in [-0.3, -0.25) is 9.59 Å². The highest BCUT2D eigenvalue weighted by Gasteiger charge is 2.35. The van der Waals surface area contributed by atoms with Gasteiger partial charge in [-0.2, -0.15) is 13.2 Å². The number of carbonyl (C=O) groups is 2. The second-order valence-corrected chi connectivity index (χ2v) is 7.96. The Morgan fingerprint density at radius 1 is 1.03 bits per heavy atom. The van der Waals surface area contributed by atoms with Crippen molar-refractivity contribution in [3.8, 4) is 0 Å². The van der Waals surface area contributed by atoms with Gasteiger partial charge in [0.2, 0.25) is 5.91 Å². The molecule has 0 bridgehead atoms. The summed E-state index contributed by atoms with van der Waals surface area (Å²) in [4.78, 5) is 28.1. The summed E-state index contributed by atoms with van der Waals surface area (Å²) in [7, 11) is 0. The van der Waals surface area contributed by atoms with Gasteiger partial charge in [-0.05, 0) is 62.4 Å². The van der Waals surface area contributed by atoms with E-state index in [4.69, 9.17) is 0 Å². The van der Waals surface area contributed by atoms with Crippen LogP contribution in [0.15, 0.2) is 18.2 Å². The molecule has 0 aromatic heterocycles. The maximum absolute atomic E-state index is 13.4. The Hall–Kier alpha value is -1.80. The van der Waals surface area contributed by atoms with Crippen molar-refractivity contribution >= 4 is 29.9 Å². The highest BCUT2D eigenvalue weighted by atomic mass is 35.5. The van der Waals surface area contributed by atoms with Crippen LogP contribution >= 0.6 is 12.4 Å². The van der Waals surface area contributed by atoms with Gasteiger partial charge in [0.25, 0.3) is 5.91 Å². The molecule has 0 radical (unpaired) electrons. The van der Waals surface area contributed by atoms with Gasteiger partial charge in [-0.1, -0.05) is 0 Å². The fourth-order valence-corrected chi connectivity index (χ4v) is 4.58. The van der Waals surface area contributed by atoms with Crippen molar-refractivity contribution in [1.82, 2.24) is 10.2 Å². The zero-order chi connectivity index (χ0) is 19.9. The van der Waals surface area contributed by atoms with Crippen LogP contribution in [-0.4, -0.2) is 49.4 Å². The van der Waals surface area contributed by atoms with E-state index in [1.807, 2.05) is 0 Å². The second-order valence-electron chi connectivity index (χ2n) is 7.96. The summed E-state index contributed by atoms with van der Waals surface area (Å²) in [6, 6.07) is 3.33. The smallest absolute Gasteiger partial charge is 0.339 e. The number of hydrogen-bond donors (Lipinski definition) is 1. The molecule has 0 unspecified atom stereocenters. The van der Waals surface area contributed by atoms with Crippen molar-refractivity contribution < 1.29 is 22.8 Å². The van der Waals surface area contributed by atoms with Crippen LogP contribution in [0.25, 0.3) is 0 Å². The first-order valence-corrected chi connectivity index (χ1v) is 9.85. The van der Waals surface area contributed by atoms with E-state index in [-0.39, 0.29) is 35.5 Å². The summed E-state index contributed by atoms with van der Waals surface area (Å²) >= 11 is 0. The van der Waals surface area contributed by atoms with Crippen LogP contribution in [0.1, 0.15) is 41.6 Å². The summed E-state index contributed by atoms with van der Waals surface area (Å²) in [5, 5.41) is 3.37. The molecule has 2 atom stereocenters. The predicted molar refractivity (Wildman–Crippen MR) is 105 cm³/mol. The molecule has 29 heavy (non-hydrogen) atoms. The van der Waals surface area contributed by atoms with Gasteiger partial charge in [-0.25, -0.2) is 0 Å². The molecule has 0 aliphatic carbocycles.